The molecule has 1 unspecified atom stereocenters. The second-order valence-corrected chi connectivity index (χ2v) is 7.75. The van der Waals surface area contributed by atoms with Gasteiger partial charge in [0.25, 0.3) is 5.91 Å². The molecule has 0 spiro atoms. The van der Waals surface area contributed by atoms with Crippen molar-refractivity contribution in [3.63, 3.8) is 0 Å². The van der Waals surface area contributed by atoms with E-state index in [-0.39, 0.29) is 30.8 Å². The van der Waals surface area contributed by atoms with E-state index in [1.54, 1.807) is 48.4 Å². The number of aliphatic hydroxyl groups is 2. The van der Waals surface area contributed by atoms with Crippen LogP contribution in [0.5, 0.6) is 11.5 Å². The summed E-state index contributed by atoms with van der Waals surface area (Å²) >= 11 is 0. The summed E-state index contributed by atoms with van der Waals surface area (Å²) in [5, 5.41) is 19.1. The Morgan fingerprint density at radius 3 is 2.39 bits per heavy atom. The van der Waals surface area contributed by atoms with E-state index in [2.05, 4.69) is 0 Å². The van der Waals surface area contributed by atoms with Gasteiger partial charge in [-0.05, 0) is 60.7 Å². The van der Waals surface area contributed by atoms with Crippen LogP contribution in [-0.4, -0.2) is 54.1 Å². The van der Waals surface area contributed by atoms with Crippen molar-refractivity contribution in [3.8, 4) is 11.5 Å². The molecule has 1 fully saturated rings. The Labute approximate surface area is 182 Å². The number of Topliss-reactive ketones (excluding diaryl/α,β-unsaturated/α-hetero) is 1. The monoisotopic (exact) mass is 427 g/mol. The quantitative estimate of drug-likeness (QED) is 0.629. The fourth-order valence-electron chi connectivity index (χ4n) is 4.08. The average molecular weight is 427 g/mol. The number of piperidine rings is 1. The van der Waals surface area contributed by atoms with Crippen molar-refractivity contribution >= 4 is 11.7 Å². The second kappa shape index (κ2) is 10.4. The van der Waals surface area contributed by atoms with Crippen molar-refractivity contribution in [2.45, 2.75) is 32.5 Å². The zero-order valence-corrected chi connectivity index (χ0v) is 18.0. The van der Waals surface area contributed by atoms with Gasteiger partial charge in [0.15, 0.2) is 5.78 Å². The third kappa shape index (κ3) is 5.24. The SMILES string of the molecule is COc1ccc(C(=O)N2CCCC(CC(=O)c3cc(CO)c(CO)c(OC)c3)C2)cc1. The minimum Gasteiger partial charge on any atom is -0.497 e. The Hall–Kier alpha value is -2.90. The van der Waals surface area contributed by atoms with E-state index >= 15 is 0 Å². The molecule has 166 valence electrons. The fraction of sp³-hybridized carbons (Fsp3) is 0.417. The van der Waals surface area contributed by atoms with Gasteiger partial charge in [-0.1, -0.05) is 0 Å². The maximum Gasteiger partial charge on any atom is 0.253 e. The first-order valence-electron chi connectivity index (χ1n) is 10.4. The fourth-order valence-corrected chi connectivity index (χ4v) is 4.08. The molecule has 1 heterocycles. The Bertz CT molecular complexity index is 899. The summed E-state index contributed by atoms with van der Waals surface area (Å²) in [6.45, 7) is 0.623. The van der Waals surface area contributed by atoms with E-state index in [0.717, 1.165) is 12.8 Å². The Balaban J connectivity index is 1.69. The second-order valence-electron chi connectivity index (χ2n) is 7.75. The van der Waals surface area contributed by atoms with Crippen molar-refractivity contribution in [1.29, 1.82) is 0 Å². The van der Waals surface area contributed by atoms with Gasteiger partial charge in [-0.25, -0.2) is 0 Å². The standard InChI is InChI=1S/C24H29NO6/c1-30-20-7-5-17(6-8-20)24(29)25-9-3-4-16(13-25)10-22(28)18-11-19(14-26)21(15-27)23(12-18)31-2/h5-8,11-12,16,26-27H,3-4,9-10,13-15H2,1-2H3. The lowest BCUT2D eigenvalue weighted by Crippen LogP contribution is -2.40. The van der Waals surface area contributed by atoms with Crippen LogP contribution in [-0.2, 0) is 13.2 Å². The molecule has 0 radical (unpaired) electrons. The van der Waals surface area contributed by atoms with Gasteiger partial charge in [0.05, 0.1) is 27.4 Å². The minimum absolute atomic E-state index is 0.0451. The lowest BCUT2D eigenvalue weighted by atomic mass is 9.89. The first-order chi connectivity index (χ1) is 15.0. The molecule has 7 heteroatoms. The molecule has 1 aliphatic rings. The van der Waals surface area contributed by atoms with Gasteiger partial charge in [-0.3, -0.25) is 9.59 Å². The number of likely N-dealkylation sites (tertiary alicyclic amines) is 1. The number of amides is 1. The molecular weight excluding hydrogens is 398 g/mol. The number of nitrogens with zero attached hydrogens (tertiary/aromatic N) is 1. The topological polar surface area (TPSA) is 96.3 Å². The van der Waals surface area contributed by atoms with Crippen LogP contribution in [0.2, 0.25) is 0 Å². The maximum absolute atomic E-state index is 12.9. The Kier molecular flexibility index (Phi) is 7.65. The first-order valence-corrected chi connectivity index (χ1v) is 10.4. The summed E-state index contributed by atoms with van der Waals surface area (Å²) in [4.78, 5) is 27.6. The maximum atomic E-state index is 12.9. The molecule has 1 amide bonds. The van der Waals surface area contributed by atoms with Crippen LogP contribution in [0.25, 0.3) is 0 Å². The summed E-state index contributed by atoms with van der Waals surface area (Å²) in [6.07, 6.45) is 2.02. The summed E-state index contributed by atoms with van der Waals surface area (Å²) in [7, 11) is 3.05. The zero-order chi connectivity index (χ0) is 22.4. The molecular formula is C24H29NO6. The number of aliphatic hydroxyl groups excluding tert-OH is 2. The molecule has 2 aromatic rings. The van der Waals surface area contributed by atoms with E-state index in [1.807, 2.05) is 0 Å². The van der Waals surface area contributed by atoms with Crippen LogP contribution in [0.15, 0.2) is 36.4 Å². The molecule has 0 aliphatic carbocycles. The molecule has 1 atom stereocenters. The molecule has 7 nitrogen and oxygen atoms in total. The molecule has 1 aliphatic heterocycles. The number of ketones is 1. The molecule has 2 aromatic carbocycles. The summed E-state index contributed by atoms with van der Waals surface area (Å²) in [5.74, 6) is 1.03. The highest BCUT2D eigenvalue weighted by atomic mass is 16.5. The van der Waals surface area contributed by atoms with Crippen molar-refractivity contribution in [1.82, 2.24) is 4.90 Å². The number of rotatable bonds is 8. The van der Waals surface area contributed by atoms with E-state index in [1.165, 1.54) is 7.11 Å². The van der Waals surface area contributed by atoms with E-state index in [0.29, 0.717) is 53.3 Å². The van der Waals surface area contributed by atoms with E-state index < -0.39 is 0 Å². The van der Waals surface area contributed by atoms with Crippen LogP contribution in [0.1, 0.15) is 51.1 Å². The highest BCUT2D eigenvalue weighted by Crippen LogP contribution is 2.28. The highest BCUT2D eigenvalue weighted by Gasteiger charge is 2.27. The predicted molar refractivity (Wildman–Crippen MR) is 115 cm³/mol. The number of ether oxygens (including phenoxy) is 2. The van der Waals surface area contributed by atoms with Crippen LogP contribution in [0.4, 0.5) is 0 Å². The lowest BCUT2D eigenvalue weighted by molar-refractivity contribution is 0.0652. The molecule has 31 heavy (non-hydrogen) atoms. The van der Waals surface area contributed by atoms with Crippen molar-refractivity contribution < 1.29 is 29.3 Å². The first kappa shape index (κ1) is 22.8. The summed E-state index contributed by atoms with van der Waals surface area (Å²) in [5.41, 5.74) is 2.00. The number of hydrogen-bond acceptors (Lipinski definition) is 6. The van der Waals surface area contributed by atoms with Crippen LogP contribution in [0.3, 0.4) is 0 Å². The minimum atomic E-state index is -0.291. The Morgan fingerprint density at radius 1 is 1.03 bits per heavy atom. The van der Waals surface area contributed by atoms with Crippen molar-refractivity contribution in [2.75, 3.05) is 27.3 Å². The third-order valence-corrected chi connectivity index (χ3v) is 5.79. The molecule has 3 rings (SSSR count). The van der Waals surface area contributed by atoms with Gasteiger partial charge >= 0.3 is 0 Å². The Morgan fingerprint density at radius 2 is 1.77 bits per heavy atom. The average Bonchev–Trinajstić information content (AvgIpc) is 2.82. The number of carbonyl (C=O) groups is 2. The van der Waals surface area contributed by atoms with E-state index in [9.17, 15) is 19.8 Å². The van der Waals surface area contributed by atoms with Gasteiger partial charge in [0, 0.05) is 36.2 Å². The van der Waals surface area contributed by atoms with Gasteiger partial charge in [-0.2, -0.15) is 0 Å². The third-order valence-electron chi connectivity index (χ3n) is 5.79. The smallest absolute Gasteiger partial charge is 0.253 e. The molecule has 0 aromatic heterocycles. The van der Waals surface area contributed by atoms with Crippen LogP contribution in [0, 0.1) is 5.92 Å². The van der Waals surface area contributed by atoms with Gasteiger partial charge < -0.3 is 24.6 Å². The lowest BCUT2D eigenvalue weighted by Gasteiger charge is -2.32. The number of benzene rings is 2. The van der Waals surface area contributed by atoms with E-state index in [4.69, 9.17) is 9.47 Å². The van der Waals surface area contributed by atoms with Crippen LogP contribution >= 0.6 is 0 Å². The number of methoxy groups -OCH3 is 2. The highest BCUT2D eigenvalue weighted by molar-refractivity contribution is 5.97. The molecule has 0 bridgehead atoms. The molecule has 2 N–H and O–H groups in total. The summed E-state index contributed by atoms with van der Waals surface area (Å²) < 4.78 is 10.4. The summed E-state index contributed by atoms with van der Waals surface area (Å²) in [6, 6.07) is 10.2. The molecule has 0 saturated carbocycles. The predicted octanol–water partition coefficient (Wildman–Crippen LogP) is 2.81. The van der Waals surface area contributed by atoms with Crippen molar-refractivity contribution in [3.05, 3.63) is 58.7 Å². The van der Waals surface area contributed by atoms with Gasteiger partial charge in [0.2, 0.25) is 0 Å². The normalized spacial score (nSPS) is 16.1. The van der Waals surface area contributed by atoms with Crippen LogP contribution < -0.4 is 9.47 Å². The number of carbonyl (C=O) groups excluding carboxylic acids is 2. The molecule has 1 saturated heterocycles. The van der Waals surface area contributed by atoms with Crippen molar-refractivity contribution in [2.24, 2.45) is 5.92 Å². The zero-order valence-electron chi connectivity index (χ0n) is 18.0. The van der Waals surface area contributed by atoms with Gasteiger partial charge in [-0.15, -0.1) is 0 Å². The van der Waals surface area contributed by atoms with Gasteiger partial charge in [0.1, 0.15) is 11.5 Å². The number of hydrogen-bond donors (Lipinski definition) is 2. The largest absolute Gasteiger partial charge is 0.497 e.